The highest BCUT2D eigenvalue weighted by Gasteiger charge is 2.26. The maximum atomic E-state index is 13.7. The van der Waals surface area contributed by atoms with Gasteiger partial charge in [-0.1, -0.05) is 11.6 Å². The van der Waals surface area contributed by atoms with Crippen LogP contribution in [0.15, 0.2) is 41.6 Å². The van der Waals surface area contributed by atoms with E-state index >= 15 is 0 Å². The first-order valence-corrected chi connectivity index (χ1v) is 15.1. The number of anilines is 3. The minimum absolute atomic E-state index is 0.260. The molecule has 1 aromatic carbocycles. The topological polar surface area (TPSA) is 127 Å². The number of nitrogens with zero attached hydrogens (tertiary/aromatic N) is 6. The summed E-state index contributed by atoms with van der Waals surface area (Å²) in [6, 6.07) is 7.47. The lowest BCUT2D eigenvalue weighted by atomic mass is 10.1. The van der Waals surface area contributed by atoms with Gasteiger partial charge in [-0.3, -0.25) is 9.36 Å². The van der Waals surface area contributed by atoms with Crippen molar-refractivity contribution >= 4 is 50.0 Å². The second kappa shape index (κ2) is 9.92. The molecule has 0 radical (unpaired) electrons. The Bertz CT molecular complexity index is 1740. The molecular formula is C26H29ClN8O3S. The molecule has 2 fully saturated rings. The summed E-state index contributed by atoms with van der Waals surface area (Å²) >= 11 is 6.62. The van der Waals surface area contributed by atoms with E-state index in [4.69, 9.17) is 16.6 Å². The maximum Gasteiger partial charge on any atom is 0.261 e. The van der Waals surface area contributed by atoms with Gasteiger partial charge in [0.15, 0.2) is 0 Å². The summed E-state index contributed by atoms with van der Waals surface area (Å²) in [7, 11) is -3.55. The molecule has 1 aliphatic carbocycles. The highest BCUT2D eigenvalue weighted by Crippen LogP contribution is 2.33. The predicted molar refractivity (Wildman–Crippen MR) is 153 cm³/mol. The molecule has 13 heteroatoms. The Morgan fingerprint density at radius 3 is 2.59 bits per heavy atom. The SMILES string of the molecule is Cc1c(-c2cc3cnc(Nc4ccc(N5CCNCC5)c(Cl)c4)nc3n(CC3CC3)c2=O)ncn1S(C)(=O)=O. The van der Waals surface area contributed by atoms with Gasteiger partial charge in [0, 0.05) is 50.0 Å². The molecule has 0 unspecified atom stereocenters. The molecule has 39 heavy (non-hydrogen) atoms. The van der Waals surface area contributed by atoms with Crippen LogP contribution < -0.4 is 21.1 Å². The molecular weight excluding hydrogens is 540 g/mol. The minimum Gasteiger partial charge on any atom is -0.368 e. The Hall–Kier alpha value is -3.48. The molecule has 3 aromatic heterocycles. The normalized spacial score (nSPS) is 16.1. The molecule has 0 atom stereocenters. The first-order chi connectivity index (χ1) is 18.7. The summed E-state index contributed by atoms with van der Waals surface area (Å²) in [5.74, 6) is 0.751. The van der Waals surface area contributed by atoms with Gasteiger partial charge in [-0.25, -0.2) is 22.4 Å². The first kappa shape index (κ1) is 25.8. The van der Waals surface area contributed by atoms with E-state index in [2.05, 4.69) is 25.5 Å². The highest BCUT2D eigenvalue weighted by molar-refractivity contribution is 7.89. The van der Waals surface area contributed by atoms with Crippen molar-refractivity contribution in [2.45, 2.75) is 26.3 Å². The van der Waals surface area contributed by atoms with Crippen LogP contribution in [0.25, 0.3) is 22.3 Å². The van der Waals surface area contributed by atoms with Crippen LogP contribution in [-0.4, -0.2) is 64.3 Å². The second-order valence-corrected chi connectivity index (χ2v) is 12.4. The number of halogens is 1. The largest absolute Gasteiger partial charge is 0.368 e. The van der Waals surface area contributed by atoms with Gasteiger partial charge >= 0.3 is 0 Å². The zero-order valence-electron chi connectivity index (χ0n) is 21.7. The molecule has 4 aromatic rings. The maximum absolute atomic E-state index is 13.7. The van der Waals surface area contributed by atoms with Crippen molar-refractivity contribution in [3.05, 3.63) is 57.9 Å². The van der Waals surface area contributed by atoms with Crippen LogP contribution in [0.5, 0.6) is 0 Å². The number of nitrogens with one attached hydrogen (secondary N) is 2. The number of aromatic nitrogens is 5. The van der Waals surface area contributed by atoms with Gasteiger partial charge in [0.05, 0.1) is 33.9 Å². The summed E-state index contributed by atoms with van der Waals surface area (Å²) in [4.78, 5) is 29.5. The molecule has 0 bridgehead atoms. The van der Waals surface area contributed by atoms with Gasteiger partial charge in [-0.2, -0.15) is 4.98 Å². The number of benzene rings is 1. The summed E-state index contributed by atoms with van der Waals surface area (Å²) in [6.07, 6.45) is 6.10. The molecule has 0 spiro atoms. The van der Waals surface area contributed by atoms with Crippen molar-refractivity contribution in [2.75, 3.05) is 42.7 Å². The van der Waals surface area contributed by atoms with Crippen LogP contribution in [0.4, 0.5) is 17.3 Å². The number of fused-ring (bicyclic) bond motifs is 1. The summed E-state index contributed by atoms with van der Waals surface area (Å²) in [6.45, 7) is 5.80. The molecule has 11 nitrogen and oxygen atoms in total. The Balaban J connectivity index is 1.37. The lowest BCUT2D eigenvalue weighted by Gasteiger charge is -2.30. The number of piperazine rings is 1. The third-order valence-corrected chi connectivity index (χ3v) is 8.59. The first-order valence-electron chi connectivity index (χ1n) is 12.9. The molecule has 0 amide bonds. The zero-order valence-corrected chi connectivity index (χ0v) is 23.3. The van der Waals surface area contributed by atoms with Crippen LogP contribution in [0.3, 0.4) is 0 Å². The number of imidazole rings is 1. The van der Waals surface area contributed by atoms with Gasteiger partial charge in [-0.05, 0) is 49.9 Å². The van der Waals surface area contributed by atoms with E-state index in [1.54, 1.807) is 23.8 Å². The van der Waals surface area contributed by atoms with Crippen molar-refractivity contribution in [3.8, 4) is 11.3 Å². The fourth-order valence-electron chi connectivity index (χ4n) is 4.99. The van der Waals surface area contributed by atoms with Crippen molar-refractivity contribution in [1.82, 2.24) is 28.8 Å². The number of rotatable bonds is 7. The third kappa shape index (κ3) is 5.11. The second-order valence-electron chi connectivity index (χ2n) is 10.2. The van der Waals surface area contributed by atoms with Crippen LogP contribution in [-0.2, 0) is 16.6 Å². The molecule has 6 rings (SSSR count). The van der Waals surface area contributed by atoms with E-state index in [9.17, 15) is 13.2 Å². The smallest absolute Gasteiger partial charge is 0.261 e. The molecule has 204 valence electrons. The summed E-state index contributed by atoms with van der Waals surface area (Å²) in [5.41, 5.74) is 3.02. The molecule has 2 N–H and O–H groups in total. The van der Waals surface area contributed by atoms with Crippen LogP contribution in [0.1, 0.15) is 18.5 Å². The Morgan fingerprint density at radius 1 is 1.15 bits per heavy atom. The monoisotopic (exact) mass is 568 g/mol. The average Bonchev–Trinajstić information content (AvgIpc) is 3.64. The number of hydrogen-bond acceptors (Lipinski definition) is 9. The Labute approximate surface area is 230 Å². The minimum atomic E-state index is -3.55. The Kier molecular flexibility index (Phi) is 6.56. The summed E-state index contributed by atoms with van der Waals surface area (Å²) < 4.78 is 27.0. The standard InChI is InChI=1S/C26H29ClN8O3S/c1-16-23(30-15-35(16)39(2,37)38)20-11-18-13-29-26(32-24(18)34(25(20)36)14-17-3-4-17)31-19-5-6-22(21(27)12-19)33-9-7-28-8-10-33/h5-6,11-13,15,17,28H,3-4,7-10,14H2,1-2H3,(H,29,31,32). The van der Waals surface area contributed by atoms with Crippen LogP contribution >= 0.6 is 11.6 Å². The van der Waals surface area contributed by atoms with Gasteiger partial charge in [0.2, 0.25) is 16.0 Å². The van der Waals surface area contributed by atoms with E-state index in [1.165, 1.54) is 6.33 Å². The third-order valence-electron chi connectivity index (χ3n) is 7.20. The van der Waals surface area contributed by atoms with Crippen molar-refractivity contribution in [2.24, 2.45) is 5.92 Å². The van der Waals surface area contributed by atoms with Crippen molar-refractivity contribution in [3.63, 3.8) is 0 Å². The lowest BCUT2D eigenvalue weighted by molar-refractivity contribution is 0.589. The molecule has 4 heterocycles. The Morgan fingerprint density at radius 2 is 1.92 bits per heavy atom. The van der Waals surface area contributed by atoms with Gasteiger partial charge < -0.3 is 15.5 Å². The zero-order chi connectivity index (χ0) is 27.3. The molecule has 1 saturated heterocycles. The van der Waals surface area contributed by atoms with Gasteiger partial charge in [0.1, 0.15) is 12.0 Å². The number of hydrogen-bond donors (Lipinski definition) is 2. The summed E-state index contributed by atoms with van der Waals surface area (Å²) in [5, 5.41) is 7.87. The predicted octanol–water partition coefficient (Wildman–Crippen LogP) is 2.99. The highest BCUT2D eigenvalue weighted by atomic mass is 35.5. The van der Waals surface area contributed by atoms with E-state index in [0.717, 1.165) is 60.6 Å². The average molecular weight is 569 g/mol. The number of pyridine rings is 1. The van der Waals surface area contributed by atoms with Gasteiger partial charge in [-0.15, -0.1) is 0 Å². The van der Waals surface area contributed by atoms with E-state index in [1.807, 2.05) is 18.2 Å². The van der Waals surface area contributed by atoms with Crippen molar-refractivity contribution < 1.29 is 8.42 Å². The van der Waals surface area contributed by atoms with Crippen molar-refractivity contribution in [1.29, 1.82) is 0 Å². The van der Waals surface area contributed by atoms with Crippen LogP contribution in [0, 0.1) is 12.8 Å². The fourth-order valence-corrected chi connectivity index (χ4v) is 6.09. The molecule has 2 aliphatic rings. The van der Waals surface area contributed by atoms with E-state index in [0.29, 0.717) is 51.4 Å². The van der Waals surface area contributed by atoms with E-state index in [-0.39, 0.29) is 5.56 Å². The quantitative estimate of drug-likeness (QED) is 0.346. The van der Waals surface area contributed by atoms with Gasteiger partial charge in [0.25, 0.3) is 5.56 Å². The lowest BCUT2D eigenvalue weighted by Crippen LogP contribution is -2.43. The van der Waals surface area contributed by atoms with Crippen LogP contribution in [0.2, 0.25) is 5.02 Å². The fraction of sp³-hybridized carbons (Fsp3) is 0.385. The van der Waals surface area contributed by atoms with E-state index < -0.39 is 10.0 Å². The molecule has 1 aliphatic heterocycles. The molecule has 1 saturated carbocycles.